The molecule has 2 aromatic carbocycles. The third-order valence-corrected chi connectivity index (χ3v) is 3.64. The van der Waals surface area contributed by atoms with Crippen LogP contribution in [0.1, 0.15) is 16.1 Å². The number of benzene rings is 2. The summed E-state index contributed by atoms with van der Waals surface area (Å²) in [4.78, 5) is 24.2. The van der Waals surface area contributed by atoms with Crippen LogP contribution < -0.4 is 15.5 Å². The van der Waals surface area contributed by atoms with E-state index in [1.807, 2.05) is 0 Å². The molecule has 3 aromatic rings. The van der Waals surface area contributed by atoms with Crippen molar-refractivity contribution in [3.8, 4) is 5.75 Å². The van der Waals surface area contributed by atoms with E-state index >= 15 is 0 Å². The van der Waals surface area contributed by atoms with Crippen LogP contribution in [-0.4, -0.2) is 18.7 Å². The van der Waals surface area contributed by atoms with Gasteiger partial charge in [-0.15, -0.1) is 0 Å². The van der Waals surface area contributed by atoms with Gasteiger partial charge in [0.25, 0.3) is 5.91 Å². The van der Waals surface area contributed by atoms with Gasteiger partial charge < -0.3 is 14.5 Å². The zero-order valence-electron chi connectivity index (χ0n) is 13.9. The summed E-state index contributed by atoms with van der Waals surface area (Å²) < 4.78 is 46.4. The van der Waals surface area contributed by atoms with Crippen LogP contribution in [0.3, 0.4) is 0 Å². The van der Waals surface area contributed by atoms with E-state index in [0.717, 1.165) is 6.07 Å². The number of hydrogen-bond donors (Lipinski definition) is 1. The maximum Gasteiger partial charge on any atom is 0.422 e. The number of para-hydroxylation sites is 1. The summed E-state index contributed by atoms with van der Waals surface area (Å²) in [5.74, 6) is -0.623. The average molecular weight is 377 g/mol. The van der Waals surface area contributed by atoms with Gasteiger partial charge >= 0.3 is 6.18 Å². The quantitative estimate of drug-likeness (QED) is 0.737. The monoisotopic (exact) mass is 377 g/mol. The smallest absolute Gasteiger partial charge is 0.422 e. The van der Waals surface area contributed by atoms with E-state index in [1.165, 1.54) is 24.3 Å². The first-order valence-corrected chi connectivity index (χ1v) is 7.91. The number of alkyl halides is 3. The van der Waals surface area contributed by atoms with Crippen LogP contribution in [0, 0.1) is 0 Å². The minimum atomic E-state index is -4.41. The van der Waals surface area contributed by atoms with Crippen molar-refractivity contribution in [2.45, 2.75) is 12.7 Å². The fourth-order valence-corrected chi connectivity index (χ4v) is 2.35. The second-order valence-corrected chi connectivity index (χ2v) is 5.70. The molecule has 1 aromatic heterocycles. The van der Waals surface area contributed by atoms with Gasteiger partial charge in [-0.1, -0.05) is 24.3 Å². The Balaban J connectivity index is 1.63. The highest BCUT2D eigenvalue weighted by Gasteiger charge is 2.28. The van der Waals surface area contributed by atoms with E-state index in [9.17, 15) is 22.8 Å². The summed E-state index contributed by atoms with van der Waals surface area (Å²) in [5.41, 5.74) is 0.625. The van der Waals surface area contributed by atoms with E-state index < -0.39 is 18.7 Å². The number of carbonyl (C=O) groups is 1. The summed E-state index contributed by atoms with van der Waals surface area (Å²) in [5, 5.41) is 2.97. The maximum absolute atomic E-state index is 12.2. The number of carbonyl (C=O) groups excluding carboxylic acids is 1. The molecule has 0 radical (unpaired) electrons. The van der Waals surface area contributed by atoms with Crippen molar-refractivity contribution in [2.24, 2.45) is 0 Å². The van der Waals surface area contributed by atoms with Crippen molar-refractivity contribution in [3.05, 3.63) is 76.1 Å². The Kier molecular flexibility index (Phi) is 5.16. The number of rotatable bonds is 5. The van der Waals surface area contributed by atoms with Crippen molar-refractivity contribution >= 4 is 16.9 Å². The first-order valence-electron chi connectivity index (χ1n) is 7.91. The van der Waals surface area contributed by atoms with Gasteiger partial charge in [-0.2, -0.15) is 13.2 Å². The standard InChI is InChI=1S/C19H14F3NO4/c20-19(21,22)11-26-13-7-5-12(6-8-13)10-23-18(25)17-9-15(24)14-3-1-2-4-16(14)27-17/h1-9H,10-11H2,(H,23,25). The van der Waals surface area contributed by atoms with Crippen molar-refractivity contribution in [3.63, 3.8) is 0 Å². The lowest BCUT2D eigenvalue weighted by Gasteiger charge is -2.10. The molecule has 0 bridgehead atoms. The normalized spacial score (nSPS) is 11.4. The van der Waals surface area contributed by atoms with Crippen LogP contribution in [0.15, 0.2) is 63.8 Å². The molecule has 0 aliphatic rings. The van der Waals surface area contributed by atoms with Gasteiger partial charge in [0.2, 0.25) is 0 Å². The zero-order valence-corrected chi connectivity index (χ0v) is 13.9. The molecule has 0 atom stereocenters. The topological polar surface area (TPSA) is 68.5 Å². The Bertz CT molecular complexity index is 1010. The number of fused-ring (bicyclic) bond motifs is 1. The van der Waals surface area contributed by atoms with E-state index in [0.29, 0.717) is 16.5 Å². The lowest BCUT2D eigenvalue weighted by molar-refractivity contribution is -0.153. The fraction of sp³-hybridized carbons (Fsp3) is 0.158. The first kappa shape index (κ1) is 18.5. The number of hydrogen-bond acceptors (Lipinski definition) is 4. The highest BCUT2D eigenvalue weighted by molar-refractivity contribution is 5.93. The predicted molar refractivity (Wildman–Crippen MR) is 91.6 cm³/mol. The Morgan fingerprint density at radius 1 is 1.07 bits per heavy atom. The highest BCUT2D eigenvalue weighted by Crippen LogP contribution is 2.19. The largest absolute Gasteiger partial charge is 0.484 e. The van der Waals surface area contributed by atoms with Crippen molar-refractivity contribution < 1.29 is 27.1 Å². The molecule has 140 valence electrons. The average Bonchev–Trinajstić information content (AvgIpc) is 2.64. The van der Waals surface area contributed by atoms with E-state index in [-0.39, 0.29) is 23.5 Å². The molecule has 1 N–H and O–H groups in total. The summed E-state index contributed by atoms with van der Waals surface area (Å²) in [6, 6.07) is 13.5. The van der Waals surface area contributed by atoms with Crippen molar-refractivity contribution in [1.29, 1.82) is 0 Å². The second kappa shape index (κ2) is 7.53. The minimum Gasteiger partial charge on any atom is -0.484 e. The predicted octanol–water partition coefficient (Wildman–Crippen LogP) is 3.66. The Labute approximate surface area is 151 Å². The van der Waals surface area contributed by atoms with Gasteiger partial charge in [0, 0.05) is 12.6 Å². The SMILES string of the molecule is O=C(NCc1ccc(OCC(F)(F)F)cc1)c1cc(=O)c2ccccc2o1. The van der Waals surface area contributed by atoms with Crippen molar-refractivity contribution in [2.75, 3.05) is 6.61 Å². The molecule has 0 saturated heterocycles. The summed E-state index contributed by atoms with van der Waals surface area (Å²) in [6.07, 6.45) is -4.41. The van der Waals surface area contributed by atoms with Gasteiger partial charge in [-0.05, 0) is 29.8 Å². The van der Waals surface area contributed by atoms with Crippen LogP contribution in [0.25, 0.3) is 11.0 Å². The van der Waals surface area contributed by atoms with Gasteiger partial charge in [-0.3, -0.25) is 9.59 Å². The van der Waals surface area contributed by atoms with Gasteiger partial charge in [0.1, 0.15) is 11.3 Å². The molecule has 1 heterocycles. The number of nitrogens with one attached hydrogen (secondary N) is 1. The van der Waals surface area contributed by atoms with Gasteiger partial charge in [0.15, 0.2) is 17.8 Å². The fourth-order valence-electron chi connectivity index (χ4n) is 2.35. The Hall–Kier alpha value is -3.29. The molecule has 0 fully saturated rings. The molecule has 0 aliphatic carbocycles. The summed E-state index contributed by atoms with van der Waals surface area (Å²) in [6.45, 7) is -1.26. The summed E-state index contributed by atoms with van der Waals surface area (Å²) >= 11 is 0. The third kappa shape index (κ3) is 4.87. The minimum absolute atomic E-state index is 0.0722. The maximum atomic E-state index is 12.2. The van der Waals surface area contributed by atoms with E-state index in [4.69, 9.17) is 4.42 Å². The molecule has 0 saturated carbocycles. The zero-order chi connectivity index (χ0) is 19.4. The van der Waals surface area contributed by atoms with E-state index in [1.54, 1.807) is 24.3 Å². The molecule has 27 heavy (non-hydrogen) atoms. The van der Waals surface area contributed by atoms with Crippen LogP contribution >= 0.6 is 0 Å². The molecule has 0 aliphatic heterocycles. The van der Waals surface area contributed by atoms with Crippen LogP contribution in [0.4, 0.5) is 13.2 Å². The van der Waals surface area contributed by atoms with Crippen LogP contribution in [0.5, 0.6) is 5.75 Å². The lowest BCUT2D eigenvalue weighted by atomic mass is 10.2. The Morgan fingerprint density at radius 2 is 1.78 bits per heavy atom. The highest BCUT2D eigenvalue weighted by atomic mass is 19.4. The molecule has 3 rings (SSSR count). The lowest BCUT2D eigenvalue weighted by Crippen LogP contribution is -2.24. The van der Waals surface area contributed by atoms with Gasteiger partial charge in [-0.25, -0.2) is 0 Å². The number of halogens is 3. The molecule has 0 spiro atoms. The molecular formula is C19H14F3NO4. The molecule has 5 nitrogen and oxygen atoms in total. The van der Waals surface area contributed by atoms with Crippen molar-refractivity contribution in [1.82, 2.24) is 5.32 Å². The molecule has 8 heteroatoms. The van der Waals surface area contributed by atoms with E-state index in [2.05, 4.69) is 10.1 Å². The number of amides is 1. The Morgan fingerprint density at radius 3 is 2.48 bits per heavy atom. The second-order valence-electron chi connectivity index (χ2n) is 5.70. The van der Waals surface area contributed by atoms with Crippen LogP contribution in [-0.2, 0) is 6.54 Å². The van der Waals surface area contributed by atoms with Crippen LogP contribution in [0.2, 0.25) is 0 Å². The first-order chi connectivity index (χ1) is 12.8. The third-order valence-electron chi connectivity index (χ3n) is 3.64. The molecule has 1 amide bonds. The number of ether oxygens (including phenoxy) is 1. The molecule has 0 unspecified atom stereocenters. The van der Waals surface area contributed by atoms with Gasteiger partial charge in [0.05, 0.1) is 5.39 Å². The summed E-state index contributed by atoms with van der Waals surface area (Å²) in [7, 11) is 0. The molecular weight excluding hydrogens is 363 g/mol.